The van der Waals surface area contributed by atoms with E-state index < -0.39 is 11.4 Å². The number of anilines is 2. The number of hydrogen-bond donors (Lipinski definition) is 2. The number of benzene rings is 1. The fourth-order valence-corrected chi connectivity index (χ4v) is 3.30. The van der Waals surface area contributed by atoms with E-state index in [0.29, 0.717) is 16.8 Å². The molecule has 1 aromatic heterocycles. The van der Waals surface area contributed by atoms with Gasteiger partial charge in [0.2, 0.25) is 0 Å². The Morgan fingerprint density at radius 1 is 1.00 bits per heavy atom. The Kier molecular flexibility index (Phi) is 5.97. The molecule has 0 aliphatic carbocycles. The van der Waals surface area contributed by atoms with Gasteiger partial charge in [0.15, 0.2) is 0 Å². The van der Waals surface area contributed by atoms with E-state index in [1.165, 1.54) is 25.7 Å². The number of aliphatic carboxylic acids is 1. The average Bonchev–Trinajstić information content (AvgIpc) is 2.98. The topological polar surface area (TPSA) is 82.5 Å². The van der Waals surface area contributed by atoms with Crippen LogP contribution in [-0.2, 0) is 10.2 Å². The lowest BCUT2D eigenvalue weighted by Gasteiger charge is -2.21. The summed E-state index contributed by atoms with van der Waals surface area (Å²) in [5.41, 5.74) is 0.817. The largest absolute Gasteiger partial charge is 0.481 e. The zero-order valence-corrected chi connectivity index (χ0v) is 16.4. The van der Waals surface area contributed by atoms with Gasteiger partial charge in [-0.1, -0.05) is 25.0 Å². The van der Waals surface area contributed by atoms with Crippen LogP contribution in [0.1, 0.15) is 55.5 Å². The van der Waals surface area contributed by atoms with Crippen LogP contribution < -0.4 is 10.2 Å². The fraction of sp³-hybridized carbons (Fsp3) is 0.409. The number of hydrogen-bond acceptors (Lipinski definition) is 4. The minimum absolute atomic E-state index is 0.236. The van der Waals surface area contributed by atoms with Crippen LogP contribution in [0.5, 0.6) is 0 Å². The van der Waals surface area contributed by atoms with Crippen molar-refractivity contribution >= 4 is 23.4 Å². The van der Waals surface area contributed by atoms with Gasteiger partial charge in [0.25, 0.3) is 5.91 Å². The van der Waals surface area contributed by atoms with E-state index >= 15 is 0 Å². The number of aromatic nitrogens is 1. The molecule has 2 N–H and O–H groups in total. The molecule has 148 valence electrons. The average molecular weight is 381 g/mol. The zero-order valence-electron chi connectivity index (χ0n) is 16.4. The molecule has 28 heavy (non-hydrogen) atoms. The van der Waals surface area contributed by atoms with E-state index in [-0.39, 0.29) is 5.91 Å². The molecular weight excluding hydrogens is 354 g/mol. The zero-order chi connectivity index (χ0) is 20.1. The van der Waals surface area contributed by atoms with Crippen molar-refractivity contribution in [2.24, 2.45) is 0 Å². The van der Waals surface area contributed by atoms with E-state index in [4.69, 9.17) is 0 Å². The number of nitrogens with one attached hydrogen (secondary N) is 1. The Bertz CT molecular complexity index is 821. The van der Waals surface area contributed by atoms with Crippen LogP contribution >= 0.6 is 0 Å². The number of carbonyl (C=O) groups excluding carboxylic acids is 1. The first-order valence-electron chi connectivity index (χ1n) is 9.74. The van der Waals surface area contributed by atoms with Crippen LogP contribution in [0.25, 0.3) is 0 Å². The number of rotatable bonds is 5. The Morgan fingerprint density at radius 2 is 1.64 bits per heavy atom. The summed E-state index contributed by atoms with van der Waals surface area (Å²) in [5, 5.41) is 12.1. The standard InChI is InChI=1S/C22H27N3O3/c1-22(2,21(27)28)17-8-10-18(11-9-17)24-20(26)16-7-12-19(23-15-16)25-13-5-3-4-6-14-25/h7-12,15H,3-6,13-14H2,1-2H3,(H,24,26)(H,27,28). The van der Waals surface area contributed by atoms with Gasteiger partial charge in [-0.25, -0.2) is 4.98 Å². The van der Waals surface area contributed by atoms with E-state index in [0.717, 1.165) is 18.9 Å². The third-order valence-corrected chi connectivity index (χ3v) is 5.34. The smallest absolute Gasteiger partial charge is 0.313 e. The lowest BCUT2D eigenvalue weighted by Crippen LogP contribution is -2.28. The molecule has 0 bridgehead atoms. The molecule has 2 heterocycles. The van der Waals surface area contributed by atoms with Gasteiger partial charge in [0, 0.05) is 25.0 Å². The molecule has 1 fully saturated rings. The fourth-order valence-electron chi connectivity index (χ4n) is 3.30. The number of carboxylic acid groups (broad SMARTS) is 1. The molecule has 3 rings (SSSR count). The second-order valence-electron chi connectivity index (χ2n) is 7.77. The number of nitrogens with zero attached hydrogens (tertiary/aromatic N) is 2. The van der Waals surface area contributed by atoms with Crippen LogP contribution in [0.15, 0.2) is 42.6 Å². The second-order valence-corrected chi connectivity index (χ2v) is 7.77. The summed E-state index contributed by atoms with van der Waals surface area (Å²) in [7, 11) is 0. The molecule has 0 saturated carbocycles. The summed E-state index contributed by atoms with van der Waals surface area (Å²) in [6.07, 6.45) is 6.49. The maximum absolute atomic E-state index is 12.5. The Balaban J connectivity index is 1.65. The van der Waals surface area contributed by atoms with Crippen LogP contribution in [0, 0.1) is 0 Å². The Hall–Kier alpha value is -2.89. The van der Waals surface area contributed by atoms with Gasteiger partial charge < -0.3 is 15.3 Å². The first-order valence-corrected chi connectivity index (χ1v) is 9.74. The van der Waals surface area contributed by atoms with Crippen molar-refractivity contribution in [1.29, 1.82) is 0 Å². The first-order chi connectivity index (χ1) is 13.4. The predicted molar refractivity (Wildman–Crippen MR) is 110 cm³/mol. The van der Waals surface area contributed by atoms with Crippen molar-refractivity contribution in [2.45, 2.75) is 44.9 Å². The van der Waals surface area contributed by atoms with Crippen molar-refractivity contribution in [3.63, 3.8) is 0 Å². The maximum Gasteiger partial charge on any atom is 0.313 e. The van der Waals surface area contributed by atoms with Crippen LogP contribution in [0.4, 0.5) is 11.5 Å². The van der Waals surface area contributed by atoms with Gasteiger partial charge in [0.05, 0.1) is 11.0 Å². The van der Waals surface area contributed by atoms with Gasteiger partial charge in [-0.2, -0.15) is 0 Å². The number of carbonyl (C=O) groups is 2. The summed E-state index contributed by atoms with van der Waals surface area (Å²) in [6.45, 7) is 5.33. The third kappa shape index (κ3) is 4.50. The van der Waals surface area contributed by atoms with Gasteiger partial charge in [-0.15, -0.1) is 0 Å². The summed E-state index contributed by atoms with van der Waals surface area (Å²) >= 11 is 0. The minimum Gasteiger partial charge on any atom is -0.481 e. The molecule has 1 aliphatic rings. The molecule has 0 unspecified atom stereocenters. The van der Waals surface area contributed by atoms with Crippen molar-refractivity contribution in [1.82, 2.24) is 4.98 Å². The van der Waals surface area contributed by atoms with Crippen LogP contribution in [0.3, 0.4) is 0 Å². The van der Waals surface area contributed by atoms with Gasteiger partial charge in [-0.05, 0) is 56.5 Å². The second kappa shape index (κ2) is 8.42. The molecule has 6 nitrogen and oxygen atoms in total. The third-order valence-electron chi connectivity index (χ3n) is 5.34. The predicted octanol–water partition coefficient (Wildman–Crippen LogP) is 4.08. The van der Waals surface area contributed by atoms with Crippen molar-refractivity contribution in [3.8, 4) is 0 Å². The Morgan fingerprint density at radius 3 is 2.18 bits per heavy atom. The highest BCUT2D eigenvalue weighted by Crippen LogP contribution is 2.25. The number of pyridine rings is 1. The van der Waals surface area contributed by atoms with Gasteiger partial charge >= 0.3 is 5.97 Å². The van der Waals surface area contributed by atoms with Crippen LogP contribution in [0.2, 0.25) is 0 Å². The SMILES string of the molecule is CC(C)(C(=O)O)c1ccc(NC(=O)c2ccc(N3CCCCCC3)nc2)cc1. The van der Waals surface area contributed by atoms with Gasteiger partial charge in [-0.3, -0.25) is 9.59 Å². The highest BCUT2D eigenvalue weighted by Gasteiger charge is 2.29. The molecule has 1 aliphatic heterocycles. The van der Waals surface area contributed by atoms with Crippen molar-refractivity contribution < 1.29 is 14.7 Å². The highest BCUT2D eigenvalue weighted by molar-refractivity contribution is 6.04. The number of amides is 1. The maximum atomic E-state index is 12.5. The summed E-state index contributed by atoms with van der Waals surface area (Å²) in [4.78, 5) is 30.6. The molecule has 1 amide bonds. The van der Waals surface area contributed by atoms with E-state index in [1.807, 2.05) is 6.07 Å². The minimum atomic E-state index is -0.977. The van der Waals surface area contributed by atoms with E-state index in [1.54, 1.807) is 50.4 Å². The molecule has 1 aromatic carbocycles. The summed E-state index contributed by atoms with van der Waals surface area (Å²) in [6, 6.07) is 10.6. The molecular formula is C22H27N3O3. The number of carboxylic acids is 1. The lowest BCUT2D eigenvalue weighted by atomic mass is 9.85. The van der Waals surface area contributed by atoms with Gasteiger partial charge in [0.1, 0.15) is 5.82 Å². The van der Waals surface area contributed by atoms with Crippen molar-refractivity contribution in [3.05, 3.63) is 53.7 Å². The lowest BCUT2D eigenvalue weighted by molar-refractivity contribution is -0.142. The molecule has 2 aromatic rings. The Labute approximate surface area is 165 Å². The molecule has 0 spiro atoms. The first kappa shape index (κ1) is 19.9. The van der Waals surface area contributed by atoms with E-state index in [2.05, 4.69) is 15.2 Å². The molecule has 6 heteroatoms. The summed E-state index contributed by atoms with van der Waals surface area (Å²) in [5.74, 6) is -0.210. The molecule has 0 atom stereocenters. The van der Waals surface area contributed by atoms with Crippen molar-refractivity contribution in [2.75, 3.05) is 23.3 Å². The highest BCUT2D eigenvalue weighted by atomic mass is 16.4. The summed E-state index contributed by atoms with van der Waals surface area (Å²) < 4.78 is 0. The van der Waals surface area contributed by atoms with E-state index in [9.17, 15) is 14.7 Å². The monoisotopic (exact) mass is 381 g/mol. The normalized spacial score (nSPS) is 15.0. The molecule has 1 saturated heterocycles. The molecule has 0 radical (unpaired) electrons. The van der Waals surface area contributed by atoms with Crippen LogP contribution in [-0.4, -0.2) is 35.1 Å². The quantitative estimate of drug-likeness (QED) is 0.816.